The summed E-state index contributed by atoms with van der Waals surface area (Å²) in [7, 11) is 1.50. The number of carbonyl (C=O) groups excluding carboxylic acids is 2. The Bertz CT molecular complexity index is 809. The Balaban J connectivity index is 2.15. The maximum Gasteiger partial charge on any atom is 0.296 e. The van der Waals surface area contributed by atoms with Crippen molar-refractivity contribution >= 4 is 23.1 Å². The molecule has 0 atom stereocenters. The van der Waals surface area contributed by atoms with Gasteiger partial charge >= 0.3 is 0 Å². The number of benzene rings is 2. The average Bonchev–Trinajstić information content (AvgIpc) is 2.58. The summed E-state index contributed by atoms with van der Waals surface area (Å²) in [4.78, 5) is 24.0. The fraction of sp³-hybridized carbons (Fsp3) is 0.158. The van der Waals surface area contributed by atoms with Crippen molar-refractivity contribution in [2.45, 2.75) is 13.8 Å². The van der Waals surface area contributed by atoms with Crippen molar-refractivity contribution in [1.29, 1.82) is 0 Å². The fourth-order valence-electron chi connectivity index (χ4n) is 2.11. The molecule has 0 bridgehead atoms. The number of nitrogens with one attached hydrogen (secondary N) is 1. The van der Waals surface area contributed by atoms with Crippen LogP contribution in [0.15, 0.2) is 48.5 Å². The van der Waals surface area contributed by atoms with Crippen LogP contribution in [0.3, 0.4) is 0 Å². The van der Waals surface area contributed by atoms with Gasteiger partial charge in [-0.3, -0.25) is 9.59 Å². The highest BCUT2D eigenvalue weighted by Gasteiger charge is 2.14. The zero-order valence-corrected chi connectivity index (χ0v) is 13.8. The van der Waals surface area contributed by atoms with Crippen LogP contribution in [0, 0.1) is 13.8 Å². The molecule has 1 amide bonds. The molecule has 124 valence electrons. The molecule has 5 nitrogen and oxygen atoms in total. The molecule has 2 N–H and O–H groups in total. The maximum atomic E-state index is 12.0. The molecule has 0 aliphatic carbocycles. The largest absolute Gasteiger partial charge is 0.507 e. The third kappa shape index (κ3) is 4.23. The molecule has 2 aromatic carbocycles. The van der Waals surface area contributed by atoms with E-state index >= 15 is 0 Å². The molecule has 0 unspecified atom stereocenters. The summed E-state index contributed by atoms with van der Waals surface area (Å²) in [6.07, 6.45) is 0.898. The number of rotatable bonds is 5. The summed E-state index contributed by atoms with van der Waals surface area (Å²) in [5.41, 5.74) is 2.78. The Labute approximate surface area is 140 Å². The maximum absolute atomic E-state index is 12.0. The monoisotopic (exact) mass is 325 g/mol. The van der Waals surface area contributed by atoms with E-state index in [1.807, 2.05) is 26.0 Å². The normalized spacial score (nSPS) is 11.0. The van der Waals surface area contributed by atoms with E-state index in [-0.39, 0.29) is 5.76 Å². The molecule has 0 aliphatic heterocycles. The Morgan fingerprint density at radius 3 is 2.58 bits per heavy atom. The molecular weight excluding hydrogens is 306 g/mol. The van der Waals surface area contributed by atoms with Crippen molar-refractivity contribution in [3.8, 4) is 5.75 Å². The standard InChI is InChI=1S/C19H19NO4/c1-12-7-8-13(2)16(9-12)20-19(23)18(22)11-17(21)14-5-4-6-15(10-14)24-3/h4-11,21H,1-3H3,(H,20,23). The summed E-state index contributed by atoms with van der Waals surface area (Å²) in [6, 6.07) is 12.1. The van der Waals surface area contributed by atoms with Gasteiger partial charge in [0.1, 0.15) is 11.5 Å². The van der Waals surface area contributed by atoms with Crippen molar-refractivity contribution in [3.63, 3.8) is 0 Å². The van der Waals surface area contributed by atoms with Crippen LogP contribution >= 0.6 is 0 Å². The van der Waals surface area contributed by atoms with E-state index in [2.05, 4.69) is 5.32 Å². The molecular formula is C19H19NO4. The molecule has 2 aromatic rings. The SMILES string of the molecule is COc1cccc(C(O)=CC(=O)C(=O)Nc2cc(C)ccc2C)c1. The zero-order valence-electron chi connectivity index (χ0n) is 13.8. The second-order valence-electron chi connectivity index (χ2n) is 5.40. The second kappa shape index (κ2) is 7.46. The predicted octanol–water partition coefficient (Wildman–Crippen LogP) is 3.42. The van der Waals surface area contributed by atoms with Crippen LogP contribution < -0.4 is 10.1 Å². The van der Waals surface area contributed by atoms with Gasteiger partial charge in [-0.1, -0.05) is 24.3 Å². The number of aryl methyl sites for hydroxylation is 2. The van der Waals surface area contributed by atoms with Crippen molar-refractivity contribution in [1.82, 2.24) is 0 Å². The number of anilines is 1. The summed E-state index contributed by atoms with van der Waals surface area (Å²) in [6.45, 7) is 3.73. The number of ketones is 1. The topological polar surface area (TPSA) is 75.6 Å². The van der Waals surface area contributed by atoms with Crippen LogP contribution in [0.4, 0.5) is 5.69 Å². The van der Waals surface area contributed by atoms with Gasteiger partial charge in [0, 0.05) is 17.3 Å². The van der Waals surface area contributed by atoms with Crippen LogP contribution in [0.2, 0.25) is 0 Å². The Morgan fingerprint density at radius 2 is 1.88 bits per heavy atom. The third-order valence-corrected chi connectivity index (χ3v) is 3.50. The van der Waals surface area contributed by atoms with Gasteiger partial charge in [0.15, 0.2) is 0 Å². The van der Waals surface area contributed by atoms with E-state index in [1.165, 1.54) is 7.11 Å². The molecule has 0 saturated heterocycles. The zero-order chi connectivity index (χ0) is 17.7. The summed E-state index contributed by atoms with van der Waals surface area (Å²) < 4.78 is 5.06. The Hall–Kier alpha value is -3.08. The smallest absolute Gasteiger partial charge is 0.296 e. The lowest BCUT2D eigenvalue weighted by Crippen LogP contribution is -2.21. The van der Waals surface area contributed by atoms with Gasteiger partial charge in [0.05, 0.1) is 7.11 Å². The van der Waals surface area contributed by atoms with Gasteiger partial charge in [-0.25, -0.2) is 0 Å². The first kappa shape index (κ1) is 17.3. The van der Waals surface area contributed by atoms with Crippen LogP contribution in [-0.4, -0.2) is 23.9 Å². The molecule has 2 rings (SSSR count). The van der Waals surface area contributed by atoms with Gasteiger partial charge < -0.3 is 15.2 Å². The van der Waals surface area contributed by atoms with Gasteiger partial charge in [-0.05, 0) is 43.2 Å². The van der Waals surface area contributed by atoms with E-state index in [4.69, 9.17) is 4.74 Å². The summed E-state index contributed by atoms with van der Waals surface area (Å²) in [5.74, 6) is -1.40. The number of hydrogen-bond acceptors (Lipinski definition) is 4. The van der Waals surface area contributed by atoms with Gasteiger partial charge in [0.25, 0.3) is 5.91 Å². The highest BCUT2D eigenvalue weighted by molar-refractivity contribution is 6.45. The predicted molar refractivity (Wildman–Crippen MR) is 93.2 cm³/mol. The van der Waals surface area contributed by atoms with E-state index < -0.39 is 11.7 Å². The molecule has 0 fully saturated rings. The number of aliphatic hydroxyl groups is 1. The van der Waals surface area contributed by atoms with E-state index in [0.717, 1.165) is 17.2 Å². The molecule has 0 heterocycles. The molecule has 0 aromatic heterocycles. The number of amides is 1. The van der Waals surface area contributed by atoms with E-state index in [9.17, 15) is 14.7 Å². The lowest BCUT2D eigenvalue weighted by atomic mass is 10.1. The van der Waals surface area contributed by atoms with Crippen molar-refractivity contribution in [2.24, 2.45) is 0 Å². The van der Waals surface area contributed by atoms with Gasteiger partial charge in [-0.2, -0.15) is 0 Å². The van der Waals surface area contributed by atoms with Gasteiger partial charge in [0.2, 0.25) is 5.78 Å². The number of aliphatic hydroxyl groups excluding tert-OH is 1. The lowest BCUT2D eigenvalue weighted by molar-refractivity contribution is -0.131. The first-order chi connectivity index (χ1) is 11.4. The van der Waals surface area contributed by atoms with E-state index in [1.54, 1.807) is 30.3 Å². The minimum absolute atomic E-state index is 0.296. The highest BCUT2D eigenvalue weighted by Crippen LogP contribution is 2.19. The van der Waals surface area contributed by atoms with E-state index in [0.29, 0.717) is 17.0 Å². The van der Waals surface area contributed by atoms with Crippen LogP contribution in [0.25, 0.3) is 5.76 Å². The van der Waals surface area contributed by atoms with Gasteiger partial charge in [-0.15, -0.1) is 0 Å². The molecule has 0 radical (unpaired) electrons. The summed E-state index contributed by atoms with van der Waals surface area (Å²) >= 11 is 0. The molecule has 0 spiro atoms. The molecule has 0 aliphatic rings. The van der Waals surface area contributed by atoms with Crippen LogP contribution in [0.1, 0.15) is 16.7 Å². The molecule has 5 heteroatoms. The quantitative estimate of drug-likeness (QED) is 0.502. The number of ether oxygens (including phenoxy) is 1. The minimum Gasteiger partial charge on any atom is -0.507 e. The number of hydrogen-bond donors (Lipinski definition) is 2. The van der Waals surface area contributed by atoms with Crippen molar-refractivity contribution in [3.05, 3.63) is 65.2 Å². The summed E-state index contributed by atoms with van der Waals surface area (Å²) in [5, 5.41) is 12.6. The molecule has 0 saturated carbocycles. The van der Waals surface area contributed by atoms with Crippen molar-refractivity contribution in [2.75, 3.05) is 12.4 Å². The first-order valence-electron chi connectivity index (χ1n) is 7.38. The van der Waals surface area contributed by atoms with Crippen LogP contribution in [0.5, 0.6) is 5.75 Å². The number of methoxy groups -OCH3 is 1. The minimum atomic E-state index is -0.837. The number of carbonyl (C=O) groups is 2. The van der Waals surface area contributed by atoms with Crippen LogP contribution in [-0.2, 0) is 9.59 Å². The lowest BCUT2D eigenvalue weighted by Gasteiger charge is -2.08. The van der Waals surface area contributed by atoms with Crippen molar-refractivity contribution < 1.29 is 19.4 Å². The highest BCUT2D eigenvalue weighted by atomic mass is 16.5. The average molecular weight is 325 g/mol. The Kier molecular flexibility index (Phi) is 5.37. The molecule has 24 heavy (non-hydrogen) atoms. The first-order valence-corrected chi connectivity index (χ1v) is 7.38. The third-order valence-electron chi connectivity index (χ3n) is 3.50. The Morgan fingerprint density at radius 1 is 1.12 bits per heavy atom. The fourth-order valence-corrected chi connectivity index (χ4v) is 2.11. The second-order valence-corrected chi connectivity index (χ2v) is 5.40.